The molecule has 1 heterocycles. The highest BCUT2D eigenvalue weighted by atomic mass is 79.9. The Hall–Kier alpha value is -1.26. The molecular weight excluding hydrogens is 256 g/mol. The Morgan fingerprint density at radius 2 is 1.60 bits per heavy atom. The molecule has 0 aliphatic heterocycles. The first-order valence-corrected chi connectivity index (χ1v) is 5.25. The zero-order valence-electron chi connectivity index (χ0n) is 7.84. The number of nitrogens with zero attached hydrogens (tertiary/aromatic N) is 2. The van der Waals surface area contributed by atoms with Crippen molar-refractivity contribution in [3.63, 3.8) is 0 Å². The topological polar surface area (TPSA) is 46.0 Å². The minimum Gasteiger partial charge on any atom is -0.384 e. The van der Waals surface area contributed by atoms with Gasteiger partial charge in [0.05, 0.1) is 0 Å². The number of halogens is 1. The van der Waals surface area contributed by atoms with Crippen molar-refractivity contribution in [2.24, 2.45) is 0 Å². The lowest BCUT2D eigenvalue weighted by Gasteiger charge is -2.09. The van der Waals surface area contributed by atoms with Gasteiger partial charge in [-0.2, -0.15) is 0 Å². The van der Waals surface area contributed by atoms with Crippen LogP contribution >= 0.6 is 15.9 Å². The molecule has 0 aliphatic carbocycles. The van der Waals surface area contributed by atoms with E-state index in [0.717, 1.165) is 10.0 Å². The molecule has 2 rings (SSSR count). The average molecular weight is 265 g/mol. The van der Waals surface area contributed by atoms with Gasteiger partial charge in [-0.1, -0.05) is 28.1 Å². The fourth-order valence-electron chi connectivity index (χ4n) is 1.29. The molecule has 4 heteroatoms. The van der Waals surface area contributed by atoms with E-state index in [9.17, 15) is 5.11 Å². The predicted molar refractivity (Wildman–Crippen MR) is 60.2 cm³/mol. The van der Waals surface area contributed by atoms with Crippen molar-refractivity contribution in [3.05, 3.63) is 58.6 Å². The molecule has 76 valence electrons. The molecule has 0 spiro atoms. The van der Waals surface area contributed by atoms with Gasteiger partial charge in [0.2, 0.25) is 0 Å². The van der Waals surface area contributed by atoms with E-state index in [1.54, 1.807) is 12.4 Å². The highest BCUT2D eigenvalue weighted by molar-refractivity contribution is 9.10. The third-order valence-electron chi connectivity index (χ3n) is 2.08. The molecule has 15 heavy (non-hydrogen) atoms. The normalized spacial score (nSPS) is 12.4. The van der Waals surface area contributed by atoms with E-state index in [0.29, 0.717) is 5.56 Å². The van der Waals surface area contributed by atoms with Gasteiger partial charge in [-0.3, -0.25) is 0 Å². The van der Waals surface area contributed by atoms with Crippen LogP contribution in [0.5, 0.6) is 0 Å². The Morgan fingerprint density at radius 1 is 1.00 bits per heavy atom. The average Bonchev–Trinajstić information content (AvgIpc) is 2.30. The lowest BCUT2D eigenvalue weighted by molar-refractivity contribution is 0.219. The van der Waals surface area contributed by atoms with Crippen molar-refractivity contribution >= 4 is 15.9 Å². The van der Waals surface area contributed by atoms with Crippen LogP contribution < -0.4 is 0 Å². The molecule has 1 N–H and O–H groups in total. The zero-order chi connectivity index (χ0) is 10.7. The van der Waals surface area contributed by atoms with Crippen LogP contribution in [0.3, 0.4) is 0 Å². The molecule has 0 unspecified atom stereocenters. The van der Waals surface area contributed by atoms with E-state index >= 15 is 0 Å². The third-order valence-corrected chi connectivity index (χ3v) is 2.61. The second-order valence-electron chi connectivity index (χ2n) is 3.13. The van der Waals surface area contributed by atoms with Crippen LogP contribution in [0.1, 0.15) is 17.2 Å². The van der Waals surface area contributed by atoms with Crippen molar-refractivity contribution in [2.75, 3.05) is 0 Å². The first-order valence-electron chi connectivity index (χ1n) is 4.46. The highest BCUT2D eigenvalue weighted by Crippen LogP contribution is 2.21. The van der Waals surface area contributed by atoms with Crippen LogP contribution in [0, 0.1) is 0 Å². The quantitative estimate of drug-likeness (QED) is 0.906. The van der Waals surface area contributed by atoms with Gasteiger partial charge in [0.25, 0.3) is 0 Å². The summed E-state index contributed by atoms with van der Waals surface area (Å²) in [5, 5.41) is 9.99. The molecule has 0 amide bonds. The SMILES string of the molecule is O[C@@H](c1ccc(Br)cc1)c1cncnc1. The minimum atomic E-state index is -0.667. The number of hydrogen-bond donors (Lipinski definition) is 1. The summed E-state index contributed by atoms with van der Waals surface area (Å²) in [6.07, 6.45) is 4.00. The van der Waals surface area contributed by atoms with Gasteiger partial charge in [-0.15, -0.1) is 0 Å². The standard InChI is InChI=1S/C11H9BrN2O/c12-10-3-1-8(2-4-10)11(15)9-5-13-7-14-6-9/h1-7,11,15H/t11-/m0/s1. The molecule has 1 aromatic carbocycles. The highest BCUT2D eigenvalue weighted by Gasteiger charge is 2.09. The number of aliphatic hydroxyl groups is 1. The van der Waals surface area contributed by atoms with E-state index in [1.165, 1.54) is 6.33 Å². The summed E-state index contributed by atoms with van der Waals surface area (Å²) in [6.45, 7) is 0. The van der Waals surface area contributed by atoms with E-state index < -0.39 is 6.10 Å². The number of rotatable bonds is 2. The Bertz CT molecular complexity index is 430. The molecule has 0 saturated carbocycles. The minimum absolute atomic E-state index is 0.667. The summed E-state index contributed by atoms with van der Waals surface area (Å²) in [4.78, 5) is 7.74. The van der Waals surface area contributed by atoms with Gasteiger partial charge in [-0.25, -0.2) is 9.97 Å². The molecule has 2 aromatic rings. The van der Waals surface area contributed by atoms with E-state index in [-0.39, 0.29) is 0 Å². The van der Waals surface area contributed by atoms with Crippen molar-refractivity contribution < 1.29 is 5.11 Å². The largest absolute Gasteiger partial charge is 0.384 e. The maximum absolute atomic E-state index is 9.99. The Labute approximate surface area is 96.0 Å². The van der Waals surface area contributed by atoms with Crippen LogP contribution in [-0.2, 0) is 0 Å². The number of benzene rings is 1. The van der Waals surface area contributed by atoms with Crippen LogP contribution in [-0.4, -0.2) is 15.1 Å². The number of aliphatic hydroxyl groups excluding tert-OH is 1. The lowest BCUT2D eigenvalue weighted by Crippen LogP contribution is -2.00. The Kier molecular flexibility index (Phi) is 3.08. The monoisotopic (exact) mass is 264 g/mol. The molecule has 0 saturated heterocycles. The van der Waals surface area contributed by atoms with E-state index in [2.05, 4.69) is 25.9 Å². The third kappa shape index (κ3) is 2.40. The van der Waals surface area contributed by atoms with Crippen LogP contribution in [0.25, 0.3) is 0 Å². The molecule has 0 fully saturated rings. The molecule has 1 atom stereocenters. The summed E-state index contributed by atoms with van der Waals surface area (Å²) in [5.41, 5.74) is 1.52. The maximum Gasteiger partial charge on any atom is 0.115 e. The van der Waals surface area contributed by atoms with Crippen molar-refractivity contribution in [3.8, 4) is 0 Å². The van der Waals surface area contributed by atoms with Gasteiger partial charge in [0.1, 0.15) is 12.4 Å². The number of hydrogen-bond acceptors (Lipinski definition) is 3. The molecule has 1 aromatic heterocycles. The van der Waals surface area contributed by atoms with Gasteiger partial charge in [0.15, 0.2) is 0 Å². The van der Waals surface area contributed by atoms with Crippen LogP contribution in [0.2, 0.25) is 0 Å². The molecule has 3 nitrogen and oxygen atoms in total. The molecule has 0 bridgehead atoms. The molecule has 0 aliphatic rings. The first-order chi connectivity index (χ1) is 7.27. The Balaban J connectivity index is 2.29. The molecule has 0 radical (unpaired) electrons. The van der Waals surface area contributed by atoms with Crippen LogP contribution in [0.4, 0.5) is 0 Å². The Morgan fingerprint density at radius 3 is 2.20 bits per heavy atom. The zero-order valence-corrected chi connectivity index (χ0v) is 9.42. The van der Waals surface area contributed by atoms with Gasteiger partial charge >= 0.3 is 0 Å². The summed E-state index contributed by atoms with van der Waals surface area (Å²) in [7, 11) is 0. The van der Waals surface area contributed by atoms with Crippen molar-refractivity contribution in [1.82, 2.24) is 9.97 Å². The van der Waals surface area contributed by atoms with E-state index in [4.69, 9.17) is 0 Å². The van der Waals surface area contributed by atoms with Gasteiger partial charge in [-0.05, 0) is 17.7 Å². The molecular formula is C11H9BrN2O. The lowest BCUT2D eigenvalue weighted by atomic mass is 10.0. The smallest absolute Gasteiger partial charge is 0.115 e. The number of aromatic nitrogens is 2. The van der Waals surface area contributed by atoms with Gasteiger partial charge in [0, 0.05) is 22.4 Å². The van der Waals surface area contributed by atoms with E-state index in [1.807, 2.05) is 24.3 Å². The van der Waals surface area contributed by atoms with Crippen molar-refractivity contribution in [2.45, 2.75) is 6.10 Å². The van der Waals surface area contributed by atoms with Crippen molar-refractivity contribution in [1.29, 1.82) is 0 Å². The first kappa shape index (κ1) is 10.3. The summed E-state index contributed by atoms with van der Waals surface area (Å²) in [5.74, 6) is 0. The summed E-state index contributed by atoms with van der Waals surface area (Å²) >= 11 is 3.34. The van der Waals surface area contributed by atoms with Gasteiger partial charge < -0.3 is 5.11 Å². The fourth-order valence-corrected chi connectivity index (χ4v) is 1.55. The summed E-state index contributed by atoms with van der Waals surface area (Å²) < 4.78 is 0.989. The second kappa shape index (κ2) is 4.51. The van der Waals surface area contributed by atoms with Crippen LogP contribution in [0.15, 0.2) is 47.5 Å². The maximum atomic E-state index is 9.99. The summed E-state index contributed by atoms with van der Waals surface area (Å²) in [6, 6.07) is 7.51. The second-order valence-corrected chi connectivity index (χ2v) is 4.04. The fraction of sp³-hybridized carbons (Fsp3) is 0.0909. The predicted octanol–water partition coefficient (Wildman–Crippen LogP) is 2.32.